The molecule has 1 amide bonds. The smallest absolute Gasteiger partial charge is 0.251 e. The van der Waals surface area contributed by atoms with Gasteiger partial charge in [-0.3, -0.25) is 4.79 Å². The van der Waals surface area contributed by atoms with Gasteiger partial charge in [0.05, 0.1) is 9.89 Å². The van der Waals surface area contributed by atoms with Crippen molar-refractivity contribution in [3.05, 3.63) is 50.6 Å². The monoisotopic (exact) mass is 395 g/mol. The van der Waals surface area contributed by atoms with E-state index in [-0.39, 0.29) is 12.0 Å². The zero-order valence-electron chi connectivity index (χ0n) is 12.6. The van der Waals surface area contributed by atoms with E-state index in [1.165, 1.54) is 0 Å². The van der Waals surface area contributed by atoms with Gasteiger partial charge in [0.2, 0.25) is 0 Å². The molecule has 23 heavy (non-hydrogen) atoms. The third-order valence-corrected chi connectivity index (χ3v) is 5.50. The van der Waals surface area contributed by atoms with Gasteiger partial charge in [0.15, 0.2) is 0 Å². The molecule has 0 bridgehead atoms. The van der Waals surface area contributed by atoms with Crippen LogP contribution in [0, 0.1) is 0 Å². The van der Waals surface area contributed by atoms with Crippen molar-refractivity contribution in [3.63, 3.8) is 0 Å². The van der Waals surface area contributed by atoms with Gasteiger partial charge in [0.1, 0.15) is 12.4 Å². The molecule has 4 nitrogen and oxygen atoms in total. The summed E-state index contributed by atoms with van der Waals surface area (Å²) in [5, 5.41) is 4.92. The van der Waals surface area contributed by atoms with Crippen LogP contribution in [0.1, 0.15) is 28.8 Å². The van der Waals surface area contributed by atoms with Crippen LogP contribution in [0.2, 0.25) is 0 Å². The number of amides is 1. The molecule has 0 spiro atoms. The largest absolute Gasteiger partial charge is 0.491 e. The topological polar surface area (TPSA) is 47.6 Å². The van der Waals surface area contributed by atoms with E-state index in [2.05, 4.69) is 21.2 Å². The average molecular weight is 396 g/mol. The number of hydrogen-bond acceptors (Lipinski definition) is 4. The van der Waals surface area contributed by atoms with Gasteiger partial charge < -0.3 is 14.8 Å². The zero-order chi connectivity index (χ0) is 16.1. The highest BCUT2D eigenvalue weighted by molar-refractivity contribution is 9.11. The number of hydrogen-bond donors (Lipinski definition) is 1. The summed E-state index contributed by atoms with van der Waals surface area (Å²) in [6.07, 6.45) is 2.30. The third kappa shape index (κ3) is 4.56. The molecule has 1 aromatic carbocycles. The van der Waals surface area contributed by atoms with Crippen LogP contribution in [0.5, 0.6) is 5.75 Å². The highest BCUT2D eigenvalue weighted by Crippen LogP contribution is 2.23. The molecule has 2 heterocycles. The molecule has 6 heteroatoms. The summed E-state index contributed by atoms with van der Waals surface area (Å²) in [6, 6.07) is 9.25. The van der Waals surface area contributed by atoms with Crippen molar-refractivity contribution < 1.29 is 14.3 Å². The Balaban J connectivity index is 1.55. The average Bonchev–Trinajstić information content (AvgIpc) is 3.22. The van der Waals surface area contributed by atoms with E-state index in [1.54, 1.807) is 23.5 Å². The van der Waals surface area contributed by atoms with Gasteiger partial charge in [-0.15, -0.1) is 11.3 Å². The van der Waals surface area contributed by atoms with Gasteiger partial charge >= 0.3 is 0 Å². The number of ether oxygens (including phenoxy) is 2. The summed E-state index contributed by atoms with van der Waals surface area (Å²) < 4.78 is 12.3. The quantitative estimate of drug-likeness (QED) is 0.803. The molecule has 1 fully saturated rings. The van der Waals surface area contributed by atoms with E-state index in [0.717, 1.165) is 28.8 Å². The van der Waals surface area contributed by atoms with Crippen LogP contribution in [-0.4, -0.2) is 25.2 Å². The number of benzene rings is 1. The lowest BCUT2D eigenvalue weighted by atomic mass is 10.2. The molecule has 122 valence electrons. The molecule has 0 aliphatic carbocycles. The summed E-state index contributed by atoms with van der Waals surface area (Å²) in [7, 11) is 0. The molecule has 0 unspecified atom stereocenters. The minimum atomic E-state index is -0.106. The van der Waals surface area contributed by atoms with Crippen molar-refractivity contribution in [2.75, 3.05) is 13.2 Å². The number of rotatable bonds is 6. The number of thiophene rings is 1. The summed E-state index contributed by atoms with van der Waals surface area (Å²) in [6.45, 7) is 1.85. The van der Waals surface area contributed by atoms with Crippen LogP contribution >= 0.6 is 27.3 Å². The lowest BCUT2D eigenvalue weighted by Crippen LogP contribution is -2.22. The summed E-state index contributed by atoms with van der Waals surface area (Å²) >= 11 is 5.08. The molecule has 1 N–H and O–H groups in total. The van der Waals surface area contributed by atoms with Crippen LogP contribution in [0.25, 0.3) is 0 Å². The summed E-state index contributed by atoms with van der Waals surface area (Å²) in [4.78, 5) is 12.3. The Morgan fingerprint density at radius 2 is 2.35 bits per heavy atom. The predicted octanol–water partition coefficient (Wildman–Crippen LogP) is 4.00. The maximum atomic E-state index is 12.3. The summed E-state index contributed by atoms with van der Waals surface area (Å²) in [5.74, 6) is 0.593. The lowest BCUT2D eigenvalue weighted by molar-refractivity contribution is 0.0679. The lowest BCUT2D eigenvalue weighted by Gasteiger charge is -2.12. The van der Waals surface area contributed by atoms with Gasteiger partial charge in [-0.25, -0.2) is 0 Å². The maximum absolute atomic E-state index is 12.3. The standard InChI is InChI=1S/C17H18BrNO3S/c18-16-13(6-8-23-16)10-19-17(20)12-3-1-4-14(9-12)22-11-15-5-2-7-21-15/h1,3-4,6,8-9,15H,2,5,7,10-11H2,(H,19,20)/t15-/m1/s1. The number of carbonyl (C=O) groups is 1. The Morgan fingerprint density at radius 3 is 3.09 bits per heavy atom. The third-order valence-electron chi connectivity index (χ3n) is 3.69. The Morgan fingerprint density at radius 1 is 1.43 bits per heavy atom. The van der Waals surface area contributed by atoms with E-state index in [0.29, 0.717) is 24.5 Å². The first-order valence-electron chi connectivity index (χ1n) is 7.57. The molecule has 3 rings (SSSR count). The van der Waals surface area contributed by atoms with E-state index < -0.39 is 0 Å². The second-order valence-corrected chi connectivity index (χ2v) is 7.61. The van der Waals surface area contributed by atoms with Crippen LogP contribution in [0.3, 0.4) is 0 Å². The van der Waals surface area contributed by atoms with Crippen LogP contribution < -0.4 is 10.1 Å². The highest BCUT2D eigenvalue weighted by Gasteiger charge is 2.16. The van der Waals surface area contributed by atoms with Crippen LogP contribution in [0.15, 0.2) is 39.5 Å². The fourth-order valence-electron chi connectivity index (χ4n) is 2.42. The number of carbonyl (C=O) groups excluding carboxylic acids is 1. The first kappa shape index (κ1) is 16.5. The summed E-state index contributed by atoms with van der Waals surface area (Å²) in [5.41, 5.74) is 1.68. The van der Waals surface area contributed by atoms with Crippen molar-refractivity contribution in [1.82, 2.24) is 5.32 Å². The molecule has 0 radical (unpaired) electrons. The SMILES string of the molecule is O=C(NCc1ccsc1Br)c1cccc(OC[C@H]2CCCO2)c1. The Hall–Kier alpha value is -1.37. The molecule has 1 aliphatic heterocycles. The first-order chi connectivity index (χ1) is 11.2. The van der Waals surface area contributed by atoms with Gasteiger partial charge in [-0.2, -0.15) is 0 Å². The molecular formula is C17H18BrNO3S. The minimum absolute atomic E-state index is 0.106. The van der Waals surface area contributed by atoms with Crippen molar-refractivity contribution in [1.29, 1.82) is 0 Å². The van der Waals surface area contributed by atoms with Gasteiger partial charge in [-0.1, -0.05) is 6.07 Å². The second-order valence-electron chi connectivity index (χ2n) is 5.38. The second kappa shape index (κ2) is 7.95. The molecule has 1 atom stereocenters. The zero-order valence-corrected chi connectivity index (χ0v) is 15.0. The van der Waals surface area contributed by atoms with Crippen molar-refractivity contribution in [3.8, 4) is 5.75 Å². The molecule has 0 saturated carbocycles. The molecule has 1 saturated heterocycles. The highest BCUT2D eigenvalue weighted by atomic mass is 79.9. The fourth-order valence-corrected chi connectivity index (χ4v) is 3.65. The van der Waals surface area contributed by atoms with Crippen molar-refractivity contribution in [2.45, 2.75) is 25.5 Å². The number of halogens is 1. The normalized spacial score (nSPS) is 17.2. The molecule has 2 aromatic rings. The molecule has 1 aromatic heterocycles. The van der Waals surface area contributed by atoms with E-state index in [4.69, 9.17) is 9.47 Å². The van der Waals surface area contributed by atoms with Crippen LogP contribution in [-0.2, 0) is 11.3 Å². The van der Waals surface area contributed by atoms with Gasteiger partial charge in [0.25, 0.3) is 5.91 Å². The Labute approximate surface area is 147 Å². The van der Waals surface area contributed by atoms with E-state index in [1.807, 2.05) is 23.6 Å². The van der Waals surface area contributed by atoms with Crippen molar-refractivity contribution >= 4 is 33.2 Å². The maximum Gasteiger partial charge on any atom is 0.251 e. The minimum Gasteiger partial charge on any atom is -0.491 e. The Kier molecular flexibility index (Phi) is 5.70. The van der Waals surface area contributed by atoms with Crippen molar-refractivity contribution in [2.24, 2.45) is 0 Å². The fraction of sp³-hybridized carbons (Fsp3) is 0.353. The first-order valence-corrected chi connectivity index (χ1v) is 9.24. The Bertz CT molecular complexity index is 667. The van der Waals surface area contributed by atoms with Crippen LogP contribution in [0.4, 0.5) is 0 Å². The van der Waals surface area contributed by atoms with E-state index in [9.17, 15) is 4.79 Å². The molecule has 1 aliphatic rings. The van der Waals surface area contributed by atoms with Gasteiger partial charge in [-0.05, 0) is 64.0 Å². The van der Waals surface area contributed by atoms with E-state index >= 15 is 0 Å². The van der Waals surface area contributed by atoms with Gasteiger partial charge in [0, 0.05) is 18.7 Å². The molecular weight excluding hydrogens is 378 g/mol. The number of nitrogens with one attached hydrogen (secondary N) is 1. The predicted molar refractivity (Wildman–Crippen MR) is 94.1 cm³/mol.